The summed E-state index contributed by atoms with van der Waals surface area (Å²) in [5.41, 5.74) is 1.53. The zero-order valence-electron chi connectivity index (χ0n) is 9.37. The van der Waals surface area contributed by atoms with Gasteiger partial charge in [0.15, 0.2) is 5.82 Å². The average molecular weight is 228 g/mol. The highest BCUT2D eigenvalue weighted by molar-refractivity contribution is 5.75. The predicted molar refractivity (Wildman–Crippen MR) is 63.5 cm³/mol. The van der Waals surface area contributed by atoms with E-state index in [-0.39, 0.29) is 0 Å². The third-order valence-corrected chi connectivity index (χ3v) is 2.57. The van der Waals surface area contributed by atoms with Gasteiger partial charge in [0, 0.05) is 23.5 Å². The highest BCUT2D eigenvalue weighted by Crippen LogP contribution is 2.17. The van der Waals surface area contributed by atoms with Crippen LogP contribution in [0.4, 0.5) is 0 Å². The predicted octanol–water partition coefficient (Wildman–Crippen LogP) is 2.33. The SMILES string of the molecule is CC(C(=O)O)c1cnc(-c2ccccc2)nc1. The van der Waals surface area contributed by atoms with Crippen LogP contribution < -0.4 is 0 Å². The minimum Gasteiger partial charge on any atom is -0.481 e. The minimum absolute atomic E-state index is 0.583. The van der Waals surface area contributed by atoms with Gasteiger partial charge < -0.3 is 5.11 Å². The summed E-state index contributed by atoms with van der Waals surface area (Å²) >= 11 is 0. The molecule has 1 aromatic carbocycles. The van der Waals surface area contributed by atoms with Crippen molar-refractivity contribution in [3.05, 3.63) is 48.3 Å². The van der Waals surface area contributed by atoms with Crippen molar-refractivity contribution in [3.63, 3.8) is 0 Å². The fraction of sp³-hybridized carbons (Fsp3) is 0.154. The summed E-state index contributed by atoms with van der Waals surface area (Å²) in [6.45, 7) is 1.61. The Balaban J connectivity index is 2.28. The number of hydrogen-bond acceptors (Lipinski definition) is 3. The van der Waals surface area contributed by atoms with Crippen molar-refractivity contribution in [1.82, 2.24) is 9.97 Å². The van der Waals surface area contributed by atoms with E-state index in [1.807, 2.05) is 30.3 Å². The van der Waals surface area contributed by atoms with Crippen molar-refractivity contribution < 1.29 is 9.90 Å². The maximum Gasteiger partial charge on any atom is 0.310 e. The molecule has 0 aliphatic carbocycles. The third kappa shape index (κ3) is 2.47. The van der Waals surface area contributed by atoms with Crippen molar-refractivity contribution in [2.24, 2.45) is 0 Å². The largest absolute Gasteiger partial charge is 0.481 e. The van der Waals surface area contributed by atoms with Gasteiger partial charge in [-0.05, 0) is 6.92 Å². The summed E-state index contributed by atoms with van der Waals surface area (Å²) in [5.74, 6) is -0.854. The lowest BCUT2D eigenvalue weighted by Crippen LogP contribution is -2.08. The van der Waals surface area contributed by atoms with E-state index in [4.69, 9.17) is 5.11 Å². The van der Waals surface area contributed by atoms with Gasteiger partial charge in [0.2, 0.25) is 0 Å². The van der Waals surface area contributed by atoms with E-state index in [0.29, 0.717) is 11.4 Å². The summed E-state index contributed by atoms with van der Waals surface area (Å²) in [4.78, 5) is 19.2. The molecule has 0 aliphatic heterocycles. The van der Waals surface area contributed by atoms with Gasteiger partial charge in [0.1, 0.15) is 0 Å². The number of carboxylic acids is 1. The Bertz CT molecular complexity index is 509. The molecule has 0 radical (unpaired) electrons. The second-order valence-electron chi connectivity index (χ2n) is 3.77. The zero-order chi connectivity index (χ0) is 12.3. The Hall–Kier alpha value is -2.23. The summed E-state index contributed by atoms with van der Waals surface area (Å²) in [7, 11) is 0. The number of aliphatic carboxylic acids is 1. The molecule has 0 amide bonds. The Kier molecular flexibility index (Phi) is 3.14. The van der Waals surface area contributed by atoms with Crippen molar-refractivity contribution in [2.45, 2.75) is 12.8 Å². The summed E-state index contributed by atoms with van der Waals surface area (Å²) in [5, 5.41) is 8.87. The zero-order valence-corrected chi connectivity index (χ0v) is 9.37. The average Bonchev–Trinajstić information content (AvgIpc) is 2.39. The molecule has 2 rings (SSSR count). The summed E-state index contributed by atoms with van der Waals surface area (Å²) in [6, 6.07) is 9.56. The standard InChI is InChI=1S/C13H12N2O2/c1-9(13(16)17)11-7-14-12(15-8-11)10-5-3-2-4-6-10/h2-9H,1H3,(H,16,17). The summed E-state index contributed by atoms with van der Waals surface area (Å²) in [6.07, 6.45) is 3.13. The molecule has 2 aromatic rings. The van der Waals surface area contributed by atoms with Crippen LogP contribution >= 0.6 is 0 Å². The Labute approximate surface area is 99.0 Å². The van der Waals surface area contributed by atoms with Gasteiger partial charge in [0.05, 0.1) is 5.92 Å². The van der Waals surface area contributed by atoms with E-state index < -0.39 is 11.9 Å². The molecule has 17 heavy (non-hydrogen) atoms. The second-order valence-corrected chi connectivity index (χ2v) is 3.77. The van der Waals surface area contributed by atoms with Gasteiger partial charge in [-0.25, -0.2) is 9.97 Å². The Morgan fingerprint density at radius 3 is 2.29 bits per heavy atom. The van der Waals surface area contributed by atoms with E-state index in [1.165, 1.54) is 0 Å². The first-order chi connectivity index (χ1) is 8.18. The molecule has 0 saturated carbocycles. The van der Waals surface area contributed by atoms with Crippen molar-refractivity contribution in [1.29, 1.82) is 0 Å². The number of carboxylic acid groups (broad SMARTS) is 1. The van der Waals surface area contributed by atoms with E-state index in [2.05, 4.69) is 9.97 Å². The van der Waals surface area contributed by atoms with Crippen LogP contribution in [0.1, 0.15) is 18.4 Å². The molecule has 4 nitrogen and oxygen atoms in total. The van der Waals surface area contributed by atoms with E-state index >= 15 is 0 Å². The number of aromatic nitrogens is 2. The molecule has 1 atom stereocenters. The van der Waals surface area contributed by atoms with Gasteiger partial charge in [-0.1, -0.05) is 30.3 Å². The Morgan fingerprint density at radius 2 is 1.76 bits per heavy atom. The topological polar surface area (TPSA) is 63.1 Å². The van der Waals surface area contributed by atoms with E-state index in [0.717, 1.165) is 5.56 Å². The lowest BCUT2D eigenvalue weighted by Gasteiger charge is -2.06. The van der Waals surface area contributed by atoms with E-state index in [1.54, 1.807) is 19.3 Å². The highest BCUT2D eigenvalue weighted by atomic mass is 16.4. The molecule has 4 heteroatoms. The van der Waals surface area contributed by atoms with Crippen molar-refractivity contribution >= 4 is 5.97 Å². The molecule has 1 unspecified atom stereocenters. The van der Waals surface area contributed by atoms with Gasteiger partial charge in [-0.2, -0.15) is 0 Å². The maximum absolute atomic E-state index is 10.8. The minimum atomic E-state index is -0.874. The van der Waals surface area contributed by atoms with Crippen LogP contribution in [0.25, 0.3) is 11.4 Å². The highest BCUT2D eigenvalue weighted by Gasteiger charge is 2.14. The smallest absolute Gasteiger partial charge is 0.310 e. The van der Waals surface area contributed by atoms with Crippen LogP contribution in [0.15, 0.2) is 42.7 Å². The van der Waals surface area contributed by atoms with Gasteiger partial charge >= 0.3 is 5.97 Å². The van der Waals surface area contributed by atoms with Crippen LogP contribution in [0.5, 0.6) is 0 Å². The van der Waals surface area contributed by atoms with Gasteiger partial charge in [-0.3, -0.25) is 4.79 Å². The molecule has 0 fully saturated rings. The summed E-state index contributed by atoms with van der Waals surface area (Å²) < 4.78 is 0. The normalized spacial score (nSPS) is 12.1. The first-order valence-corrected chi connectivity index (χ1v) is 5.28. The first-order valence-electron chi connectivity index (χ1n) is 5.28. The molecule has 1 N–H and O–H groups in total. The van der Waals surface area contributed by atoms with Crippen molar-refractivity contribution in [3.8, 4) is 11.4 Å². The lowest BCUT2D eigenvalue weighted by molar-refractivity contribution is -0.138. The van der Waals surface area contributed by atoms with Crippen LogP contribution in [0, 0.1) is 0 Å². The molecule has 0 spiro atoms. The molecule has 1 heterocycles. The fourth-order valence-corrected chi connectivity index (χ4v) is 1.44. The number of nitrogens with zero attached hydrogens (tertiary/aromatic N) is 2. The van der Waals surface area contributed by atoms with Crippen LogP contribution in [0.2, 0.25) is 0 Å². The molecule has 0 aliphatic rings. The van der Waals surface area contributed by atoms with Gasteiger partial charge in [0.25, 0.3) is 0 Å². The number of hydrogen-bond donors (Lipinski definition) is 1. The Morgan fingerprint density at radius 1 is 1.18 bits per heavy atom. The number of benzene rings is 1. The van der Waals surface area contributed by atoms with Crippen LogP contribution in [0.3, 0.4) is 0 Å². The number of carbonyl (C=O) groups is 1. The fourth-order valence-electron chi connectivity index (χ4n) is 1.44. The third-order valence-electron chi connectivity index (χ3n) is 2.57. The van der Waals surface area contributed by atoms with Crippen LogP contribution in [-0.2, 0) is 4.79 Å². The molecular weight excluding hydrogens is 216 g/mol. The van der Waals surface area contributed by atoms with Crippen molar-refractivity contribution in [2.75, 3.05) is 0 Å². The lowest BCUT2D eigenvalue weighted by atomic mass is 10.1. The monoisotopic (exact) mass is 228 g/mol. The maximum atomic E-state index is 10.8. The second kappa shape index (κ2) is 4.74. The number of rotatable bonds is 3. The first kappa shape index (κ1) is 11.3. The quantitative estimate of drug-likeness (QED) is 0.875. The molecule has 0 saturated heterocycles. The van der Waals surface area contributed by atoms with Gasteiger partial charge in [-0.15, -0.1) is 0 Å². The molecule has 86 valence electrons. The van der Waals surface area contributed by atoms with Crippen LogP contribution in [-0.4, -0.2) is 21.0 Å². The molecule has 1 aromatic heterocycles. The van der Waals surface area contributed by atoms with E-state index in [9.17, 15) is 4.79 Å². The molecule has 0 bridgehead atoms. The molecular formula is C13H12N2O2.